The predicted octanol–water partition coefficient (Wildman–Crippen LogP) is 2.93. The van der Waals surface area contributed by atoms with Crippen LogP contribution in [0.3, 0.4) is 0 Å². The van der Waals surface area contributed by atoms with E-state index in [4.69, 9.17) is 4.74 Å². The van der Waals surface area contributed by atoms with Gasteiger partial charge >= 0.3 is 0 Å². The molecule has 0 bridgehead atoms. The Hall–Kier alpha value is -0.830. The van der Waals surface area contributed by atoms with Gasteiger partial charge in [0.1, 0.15) is 11.9 Å². The van der Waals surface area contributed by atoms with Crippen LogP contribution >= 0.6 is 11.8 Å². The number of ether oxygens (including phenoxy) is 1. The van der Waals surface area contributed by atoms with Gasteiger partial charge in [-0.15, -0.1) is 0 Å². The molecule has 1 N–H and O–H groups in total. The summed E-state index contributed by atoms with van der Waals surface area (Å²) in [5.74, 6) is 3.52. The summed E-state index contributed by atoms with van der Waals surface area (Å²) < 4.78 is 6.03. The number of fused-ring (bicyclic) bond motifs is 1. The molecule has 1 fully saturated rings. The molecule has 3 rings (SSSR count). The third-order valence-electron chi connectivity index (χ3n) is 3.26. The molecule has 2 heterocycles. The van der Waals surface area contributed by atoms with Gasteiger partial charge < -0.3 is 10.1 Å². The molecule has 0 spiro atoms. The number of nitrogens with one attached hydrogen (secondary N) is 1. The first-order chi connectivity index (χ1) is 7.92. The lowest BCUT2D eigenvalue weighted by atomic mass is 10.1. The van der Waals surface area contributed by atoms with E-state index < -0.39 is 0 Å². The molecule has 2 aliphatic heterocycles. The molecule has 1 aromatic rings. The van der Waals surface area contributed by atoms with Gasteiger partial charge in [0.05, 0.1) is 0 Å². The van der Waals surface area contributed by atoms with Crippen LogP contribution in [0.15, 0.2) is 18.2 Å². The monoisotopic (exact) mass is 235 g/mol. The smallest absolute Gasteiger partial charge is 0.121 e. The van der Waals surface area contributed by atoms with E-state index in [0.717, 1.165) is 18.7 Å². The Bertz CT molecular complexity index is 374. The standard InChI is InChI=1S/C13H17NOS/c1-2-12(9-13-10(1)3-6-14-13)15-11-4-7-16-8-5-11/h1-2,9,11,14H,3-8H2. The molecule has 0 amide bonds. The highest BCUT2D eigenvalue weighted by Crippen LogP contribution is 2.29. The zero-order valence-electron chi connectivity index (χ0n) is 9.37. The van der Waals surface area contributed by atoms with Crippen molar-refractivity contribution in [1.82, 2.24) is 0 Å². The highest BCUT2D eigenvalue weighted by atomic mass is 32.2. The minimum atomic E-state index is 0.431. The summed E-state index contributed by atoms with van der Waals surface area (Å²) in [6, 6.07) is 6.47. The molecule has 2 aliphatic rings. The van der Waals surface area contributed by atoms with E-state index >= 15 is 0 Å². The summed E-state index contributed by atoms with van der Waals surface area (Å²) >= 11 is 2.04. The maximum Gasteiger partial charge on any atom is 0.121 e. The number of hydrogen-bond donors (Lipinski definition) is 1. The zero-order valence-corrected chi connectivity index (χ0v) is 10.2. The predicted molar refractivity (Wildman–Crippen MR) is 69.6 cm³/mol. The summed E-state index contributed by atoms with van der Waals surface area (Å²) in [7, 11) is 0. The van der Waals surface area contributed by atoms with E-state index in [2.05, 4.69) is 23.5 Å². The van der Waals surface area contributed by atoms with Crippen molar-refractivity contribution in [3.8, 4) is 5.75 Å². The summed E-state index contributed by atoms with van der Waals surface area (Å²) in [5.41, 5.74) is 2.69. The first kappa shape index (κ1) is 10.3. The second-order valence-corrected chi connectivity index (χ2v) is 5.65. The fraction of sp³-hybridized carbons (Fsp3) is 0.538. The number of hydrogen-bond acceptors (Lipinski definition) is 3. The summed E-state index contributed by atoms with van der Waals surface area (Å²) in [6.45, 7) is 1.07. The molecule has 1 aromatic carbocycles. The van der Waals surface area contributed by atoms with Crippen LogP contribution in [-0.2, 0) is 6.42 Å². The van der Waals surface area contributed by atoms with Crippen LogP contribution in [-0.4, -0.2) is 24.2 Å². The van der Waals surface area contributed by atoms with E-state index in [1.54, 1.807) is 0 Å². The van der Waals surface area contributed by atoms with E-state index in [1.807, 2.05) is 11.8 Å². The summed E-state index contributed by atoms with van der Waals surface area (Å²) in [6.07, 6.45) is 3.96. The van der Waals surface area contributed by atoms with Gasteiger partial charge in [-0.1, -0.05) is 6.07 Å². The van der Waals surface area contributed by atoms with Crippen LogP contribution in [0.5, 0.6) is 5.75 Å². The van der Waals surface area contributed by atoms with Crippen LogP contribution in [0.2, 0.25) is 0 Å². The average molecular weight is 235 g/mol. The van der Waals surface area contributed by atoms with Crippen molar-refractivity contribution in [2.75, 3.05) is 23.4 Å². The van der Waals surface area contributed by atoms with Crippen molar-refractivity contribution in [3.63, 3.8) is 0 Å². The lowest BCUT2D eigenvalue weighted by Gasteiger charge is -2.23. The summed E-state index contributed by atoms with van der Waals surface area (Å²) in [5, 5.41) is 3.39. The van der Waals surface area contributed by atoms with Crippen LogP contribution in [0.1, 0.15) is 18.4 Å². The summed E-state index contributed by atoms with van der Waals surface area (Å²) in [4.78, 5) is 0. The molecule has 0 atom stereocenters. The minimum Gasteiger partial charge on any atom is -0.490 e. The van der Waals surface area contributed by atoms with E-state index in [-0.39, 0.29) is 0 Å². The van der Waals surface area contributed by atoms with Crippen molar-refractivity contribution in [3.05, 3.63) is 23.8 Å². The van der Waals surface area contributed by atoms with Gasteiger partial charge in [0.2, 0.25) is 0 Å². The highest BCUT2D eigenvalue weighted by Gasteiger charge is 2.16. The Balaban J connectivity index is 1.69. The first-order valence-corrected chi connectivity index (χ1v) is 7.18. The third kappa shape index (κ3) is 2.14. The molecule has 3 heteroatoms. The van der Waals surface area contributed by atoms with Crippen molar-refractivity contribution >= 4 is 17.4 Å². The molecule has 0 unspecified atom stereocenters. The maximum absolute atomic E-state index is 6.03. The Labute approximate surface area is 101 Å². The normalized spacial score (nSPS) is 20.2. The van der Waals surface area contributed by atoms with Crippen molar-refractivity contribution in [1.29, 1.82) is 0 Å². The minimum absolute atomic E-state index is 0.431. The number of thioether (sulfide) groups is 1. The number of rotatable bonds is 2. The van der Waals surface area contributed by atoms with Crippen LogP contribution in [0, 0.1) is 0 Å². The van der Waals surface area contributed by atoms with Crippen LogP contribution in [0.25, 0.3) is 0 Å². The largest absolute Gasteiger partial charge is 0.490 e. The van der Waals surface area contributed by atoms with E-state index in [0.29, 0.717) is 6.10 Å². The van der Waals surface area contributed by atoms with E-state index in [9.17, 15) is 0 Å². The van der Waals surface area contributed by atoms with Gasteiger partial charge in [-0.05, 0) is 42.4 Å². The van der Waals surface area contributed by atoms with Gasteiger partial charge in [-0.3, -0.25) is 0 Å². The Kier molecular flexibility index (Phi) is 2.96. The van der Waals surface area contributed by atoms with Crippen molar-refractivity contribution in [2.24, 2.45) is 0 Å². The molecule has 0 aliphatic carbocycles. The molecule has 86 valence electrons. The molecule has 0 radical (unpaired) electrons. The number of anilines is 1. The first-order valence-electron chi connectivity index (χ1n) is 6.03. The Morgan fingerprint density at radius 2 is 2.12 bits per heavy atom. The fourth-order valence-corrected chi connectivity index (χ4v) is 3.39. The molecular formula is C13H17NOS. The van der Waals surface area contributed by atoms with Gasteiger partial charge in [0.15, 0.2) is 0 Å². The lowest BCUT2D eigenvalue weighted by Crippen LogP contribution is -2.22. The SMILES string of the molecule is c1cc2c(cc1OC1CCSCC1)NCC2. The lowest BCUT2D eigenvalue weighted by molar-refractivity contribution is 0.192. The van der Waals surface area contributed by atoms with Crippen LogP contribution in [0.4, 0.5) is 5.69 Å². The van der Waals surface area contributed by atoms with Crippen LogP contribution < -0.4 is 10.1 Å². The van der Waals surface area contributed by atoms with Gasteiger partial charge in [-0.2, -0.15) is 11.8 Å². The Morgan fingerprint density at radius 3 is 3.00 bits per heavy atom. The molecule has 1 saturated heterocycles. The van der Waals surface area contributed by atoms with E-state index in [1.165, 1.54) is 35.6 Å². The fourth-order valence-electron chi connectivity index (χ4n) is 2.33. The number of benzene rings is 1. The third-order valence-corrected chi connectivity index (χ3v) is 4.31. The Morgan fingerprint density at radius 1 is 1.25 bits per heavy atom. The molecule has 16 heavy (non-hydrogen) atoms. The second-order valence-electron chi connectivity index (χ2n) is 4.43. The van der Waals surface area contributed by atoms with Gasteiger partial charge in [0.25, 0.3) is 0 Å². The highest BCUT2D eigenvalue weighted by molar-refractivity contribution is 7.99. The molecule has 2 nitrogen and oxygen atoms in total. The zero-order chi connectivity index (χ0) is 10.8. The topological polar surface area (TPSA) is 21.3 Å². The van der Waals surface area contributed by atoms with Crippen molar-refractivity contribution in [2.45, 2.75) is 25.4 Å². The maximum atomic E-state index is 6.03. The quantitative estimate of drug-likeness (QED) is 0.851. The van der Waals surface area contributed by atoms with Crippen molar-refractivity contribution < 1.29 is 4.74 Å². The molecule has 0 aromatic heterocycles. The molecular weight excluding hydrogens is 218 g/mol. The van der Waals surface area contributed by atoms with Gasteiger partial charge in [0, 0.05) is 18.3 Å². The average Bonchev–Trinajstić information content (AvgIpc) is 2.77. The van der Waals surface area contributed by atoms with Gasteiger partial charge in [-0.25, -0.2) is 0 Å². The second kappa shape index (κ2) is 4.58. The molecule has 0 saturated carbocycles.